The average molecular weight is 511 g/mol. The molecule has 0 aliphatic heterocycles. The zero-order chi connectivity index (χ0) is 25.5. The molecule has 0 spiro atoms. The van der Waals surface area contributed by atoms with E-state index in [1.807, 2.05) is 0 Å². The van der Waals surface area contributed by atoms with Crippen molar-refractivity contribution in [2.24, 2.45) is 5.92 Å². The number of nitrogens with zero attached hydrogens (tertiary/aromatic N) is 2. The fraction of sp³-hybridized carbons (Fsp3) is 0.292. The van der Waals surface area contributed by atoms with Crippen molar-refractivity contribution in [1.29, 1.82) is 0 Å². The van der Waals surface area contributed by atoms with Crippen LogP contribution >= 0.6 is 11.6 Å². The Morgan fingerprint density at radius 3 is 2.60 bits per heavy atom. The summed E-state index contributed by atoms with van der Waals surface area (Å²) >= 11 is 5.98. The lowest BCUT2D eigenvalue weighted by Gasteiger charge is -2.24. The number of benzene rings is 2. The maximum absolute atomic E-state index is 14.9. The lowest BCUT2D eigenvalue weighted by Crippen LogP contribution is -2.31. The highest BCUT2D eigenvalue weighted by Gasteiger charge is 2.38. The first-order valence-electron chi connectivity index (χ1n) is 10.7. The van der Waals surface area contributed by atoms with Gasteiger partial charge in [0.2, 0.25) is 0 Å². The van der Waals surface area contributed by atoms with Gasteiger partial charge in [0, 0.05) is 0 Å². The van der Waals surface area contributed by atoms with Crippen molar-refractivity contribution in [3.63, 3.8) is 0 Å². The Balaban J connectivity index is 1.85. The number of carbonyl (C=O) groups is 2. The van der Waals surface area contributed by atoms with Gasteiger partial charge in [0.25, 0.3) is 5.91 Å². The summed E-state index contributed by atoms with van der Waals surface area (Å²) in [7, 11) is 0. The van der Waals surface area contributed by atoms with E-state index in [1.54, 1.807) is 6.92 Å². The molecule has 0 radical (unpaired) electrons. The number of esters is 1. The number of fused-ring (bicyclic) bond motifs is 1. The number of hydrogen-bond donors (Lipinski definition) is 1. The fourth-order valence-electron chi connectivity index (χ4n) is 4.18. The van der Waals surface area contributed by atoms with E-state index in [9.17, 15) is 32.3 Å². The topological polar surface area (TPSA) is 81.4 Å². The van der Waals surface area contributed by atoms with E-state index in [0.29, 0.717) is 10.3 Å². The standard InChI is InChI=1S/C24H19ClF4N2O4/c1-2-35-23(34)13-10-9-12(11-18(13)32)21-20-16(26)7-4-8-17(20)31(30-21)22(33)19-14(24(27,28)29)5-3-6-15(19)25/h3-8,11,13,18,32H,2,9-10H2,1H3. The molecule has 0 amide bonds. The smallest absolute Gasteiger partial charge is 0.417 e. The molecule has 3 aromatic rings. The first-order valence-corrected chi connectivity index (χ1v) is 11.1. The van der Waals surface area contributed by atoms with Crippen LogP contribution < -0.4 is 0 Å². The Morgan fingerprint density at radius 1 is 1.23 bits per heavy atom. The Hall–Kier alpha value is -3.24. The second-order valence-corrected chi connectivity index (χ2v) is 8.35. The van der Waals surface area contributed by atoms with Gasteiger partial charge in [0.1, 0.15) is 5.82 Å². The normalized spacial score (nSPS) is 18.4. The summed E-state index contributed by atoms with van der Waals surface area (Å²) in [6.45, 7) is 1.78. The molecule has 1 aliphatic carbocycles. The van der Waals surface area contributed by atoms with Gasteiger partial charge in [-0.3, -0.25) is 9.59 Å². The number of allylic oxidation sites excluding steroid dienone is 1. The van der Waals surface area contributed by atoms with Gasteiger partial charge < -0.3 is 9.84 Å². The number of aromatic nitrogens is 2. The summed E-state index contributed by atoms with van der Waals surface area (Å²) in [6.07, 6.45) is -4.43. The van der Waals surface area contributed by atoms with Crippen LogP contribution in [-0.4, -0.2) is 39.5 Å². The van der Waals surface area contributed by atoms with E-state index in [4.69, 9.17) is 16.3 Å². The molecule has 35 heavy (non-hydrogen) atoms. The highest BCUT2D eigenvalue weighted by Crippen LogP contribution is 2.38. The third kappa shape index (κ3) is 4.55. The fourth-order valence-corrected chi connectivity index (χ4v) is 4.44. The maximum atomic E-state index is 14.9. The Bertz CT molecular complexity index is 1350. The van der Waals surface area contributed by atoms with E-state index in [0.717, 1.165) is 24.3 Å². The Labute approximate surface area is 201 Å². The zero-order valence-electron chi connectivity index (χ0n) is 18.3. The van der Waals surface area contributed by atoms with Gasteiger partial charge in [0.05, 0.1) is 51.4 Å². The number of hydrogen-bond acceptors (Lipinski definition) is 5. The average Bonchev–Trinajstić information content (AvgIpc) is 3.19. The molecule has 1 N–H and O–H groups in total. The number of ether oxygens (including phenoxy) is 1. The Morgan fingerprint density at radius 2 is 1.94 bits per heavy atom. The number of carbonyl (C=O) groups excluding carboxylic acids is 2. The third-order valence-electron chi connectivity index (χ3n) is 5.78. The van der Waals surface area contributed by atoms with Gasteiger partial charge in [-0.25, -0.2) is 4.39 Å². The van der Waals surface area contributed by atoms with Crippen molar-refractivity contribution in [2.45, 2.75) is 32.0 Å². The molecule has 2 unspecified atom stereocenters. The molecule has 2 aromatic carbocycles. The lowest BCUT2D eigenvalue weighted by atomic mass is 9.85. The molecule has 11 heteroatoms. The van der Waals surface area contributed by atoms with Crippen molar-refractivity contribution >= 4 is 40.0 Å². The summed E-state index contributed by atoms with van der Waals surface area (Å²) in [6, 6.07) is 6.71. The predicted molar refractivity (Wildman–Crippen MR) is 119 cm³/mol. The van der Waals surface area contributed by atoms with E-state index < -0.39 is 52.0 Å². The van der Waals surface area contributed by atoms with Crippen LogP contribution in [0.3, 0.4) is 0 Å². The summed E-state index contributed by atoms with van der Waals surface area (Å²) in [5.74, 6) is -3.35. The molecule has 0 saturated heterocycles. The molecule has 0 fully saturated rings. The molecule has 0 bridgehead atoms. The van der Waals surface area contributed by atoms with E-state index in [-0.39, 0.29) is 36.0 Å². The number of aliphatic hydroxyl groups excluding tert-OH is 1. The van der Waals surface area contributed by atoms with Crippen molar-refractivity contribution in [3.8, 4) is 0 Å². The third-order valence-corrected chi connectivity index (χ3v) is 6.10. The predicted octanol–water partition coefficient (Wildman–Crippen LogP) is 5.25. The number of rotatable bonds is 4. The SMILES string of the molecule is CCOC(=O)C1CCC(c2nn(C(=O)c3c(Cl)cccc3C(F)(F)F)c3cccc(F)c23)=CC1O. The highest BCUT2D eigenvalue weighted by molar-refractivity contribution is 6.34. The maximum Gasteiger partial charge on any atom is 0.417 e. The molecule has 0 saturated carbocycles. The number of alkyl halides is 3. The highest BCUT2D eigenvalue weighted by atomic mass is 35.5. The van der Waals surface area contributed by atoms with Gasteiger partial charge in [0.15, 0.2) is 0 Å². The minimum absolute atomic E-state index is 0.0200. The lowest BCUT2D eigenvalue weighted by molar-refractivity contribution is -0.151. The van der Waals surface area contributed by atoms with E-state index >= 15 is 0 Å². The van der Waals surface area contributed by atoms with Crippen LogP contribution in [-0.2, 0) is 15.7 Å². The molecular formula is C24H19ClF4N2O4. The summed E-state index contributed by atoms with van der Waals surface area (Å²) in [5.41, 5.74) is -1.81. The van der Waals surface area contributed by atoms with Crippen molar-refractivity contribution in [1.82, 2.24) is 9.78 Å². The summed E-state index contributed by atoms with van der Waals surface area (Å²) < 4.78 is 61.3. The van der Waals surface area contributed by atoms with Gasteiger partial charge in [-0.1, -0.05) is 23.7 Å². The first-order chi connectivity index (χ1) is 16.5. The first kappa shape index (κ1) is 24.9. The molecule has 2 atom stereocenters. The summed E-state index contributed by atoms with van der Waals surface area (Å²) in [5, 5.41) is 14.1. The molecule has 1 aliphatic rings. The van der Waals surface area contributed by atoms with Crippen molar-refractivity contribution in [3.05, 3.63) is 70.1 Å². The van der Waals surface area contributed by atoms with Crippen LogP contribution in [0.25, 0.3) is 16.5 Å². The minimum Gasteiger partial charge on any atom is -0.466 e. The van der Waals surface area contributed by atoms with Gasteiger partial charge in [-0.05, 0) is 55.7 Å². The molecular weight excluding hydrogens is 492 g/mol. The molecule has 4 rings (SSSR count). The van der Waals surface area contributed by atoms with Crippen LogP contribution in [0.1, 0.15) is 41.4 Å². The van der Waals surface area contributed by atoms with Crippen molar-refractivity contribution in [2.75, 3.05) is 6.61 Å². The van der Waals surface area contributed by atoms with E-state index in [2.05, 4.69) is 5.10 Å². The van der Waals surface area contributed by atoms with Gasteiger partial charge in [-0.15, -0.1) is 0 Å². The van der Waals surface area contributed by atoms with Crippen LogP contribution in [0.2, 0.25) is 5.02 Å². The molecule has 184 valence electrons. The quantitative estimate of drug-likeness (QED) is 0.383. The summed E-state index contributed by atoms with van der Waals surface area (Å²) in [4.78, 5) is 25.4. The molecule has 1 heterocycles. The van der Waals surface area contributed by atoms with E-state index in [1.165, 1.54) is 18.2 Å². The van der Waals surface area contributed by atoms with Crippen LogP contribution in [0.5, 0.6) is 0 Å². The second kappa shape index (κ2) is 9.43. The second-order valence-electron chi connectivity index (χ2n) is 7.94. The Kier molecular flexibility index (Phi) is 6.70. The van der Waals surface area contributed by atoms with Crippen LogP contribution in [0, 0.1) is 11.7 Å². The molecule has 1 aromatic heterocycles. The largest absolute Gasteiger partial charge is 0.466 e. The number of halogens is 5. The van der Waals surface area contributed by atoms with Crippen LogP contribution in [0.4, 0.5) is 17.6 Å². The van der Waals surface area contributed by atoms with Gasteiger partial charge >= 0.3 is 12.1 Å². The van der Waals surface area contributed by atoms with Crippen LogP contribution in [0.15, 0.2) is 42.5 Å². The monoisotopic (exact) mass is 510 g/mol. The minimum atomic E-state index is -4.87. The van der Waals surface area contributed by atoms with Crippen molar-refractivity contribution < 1.29 is 37.0 Å². The molecule has 6 nitrogen and oxygen atoms in total. The number of aliphatic hydroxyl groups is 1. The zero-order valence-corrected chi connectivity index (χ0v) is 19.0. The van der Waals surface area contributed by atoms with Gasteiger partial charge in [-0.2, -0.15) is 23.0 Å².